The van der Waals surface area contributed by atoms with Crippen LogP contribution in [0.2, 0.25) is 0 Å². The van der Waals surface area contributed by atoms with Gasteiger partial charge in [-0.25, -0.2) is 0 Å². The van der Waals surface area contributed by atoms with Crippen LogP contribution in [-0.4, -0.2) is 11.8 Å². The first kappa shape index (κ1) is 18.6. The summed E-state index contributed by atoms with van der Waals surface area (Å²) in [6, 6.07) is 15.4. The summed E-state index contributed by atoms with van der Waals surface area (Å²) in [5.74, 6) is 0.232. The highest BCUT2D eigenvalue weighted by Crippen LogP contribution is 2.26. The minimum absolute atomic E-state index is 0.0206. The monoisotopic (exact) mass is 414 g/mol. The van der Waals surface area contributed by atoms with Crippen LogP contribution >= 0.6 is 15.9 Å². The molecule has 2 aromatic rings. The molecule has 1 fully saturated rings. The first-order valence-corrected chi connectivity index (χ1v) is 9.80. The van der Waals surface area contributed by atoms with Crippen molar-refractivity contribution in [3.8, 4) is 0 Å². The minimum atomic E-state index is -0.0206. The van der Waals surface area contributed by atoms with Crippen molar-refractivity contribution in [2.75, 3.05) is 5.32 Å². The lowest BCUT2D eigenvalue weighted by Crippen LogP contribution is -2.24. The summed E-state index contributed by atoms with van der Waals surface area (Å²) in [5, 5.41) is 5.94. The van der Waals surface area contributed by atoms with Gasteiger partial charge in [0.15, 0.2) is 0 Å². The molecule has 1 aliphatic rings. The average Bonchev–Trinajstić information content (AvgIpc) is 3.17. The van der Waals surface area contributed by atoms with Gasteiger partial charge in [0.2, 0.25) is 11.8 Å². The van der Waals surface area contributed by atoms with Gasteiger partial charge in [0.1, 0.15) is 0 Å². The van der Waals surface area contributed by atoms with Gasteiger partial charge < -0.3 is 10.6 Å². The molecule has 2 N–H and O–H groups in total. The fraction of sp³-hybridized carbons (Fsp3) is 0.333. The quantitative estimate of drug-likeness (QED) is 0.733. The van der Waals surface area contributed by atoms with Crippen LogP contribution in [0.3, 0.4) is 0 Å². The highest BCUT2D eigenvalue weighted by Gasteiger charge is 2.22. The first-order valence-electron chi connectivity index (χ1n) is 9.01. The molecule has 0 radical (unpaired) electrons. The van der Waals surface area contributed by atoms with E-state index in [1.807, 2.05) is 48.5 Å². The average molecular weight is 415 g/mol. The number of hydrogen-bond acceptors (Lipinski definition) is 2. The normalized spacial score (nSPS) is 14.2. The van der Waals surface area contributed by atoms with Gasteiger partial charge in [-0.15, -0.1) is 0 Å². The Labute approximate surface area is 162 Å². The SMILES string of the molecule is O=C(Cc1ccc(Br)cc1)NCc1cccc(NC(=O)C2CCCC2)c1. The lowest BCUT2D eigenvalue weighted by Gasteiger charge is -2.12. The summed E-state index contributed by atoms with van der Waals surface area (Å²) in [7, 11) is 0. The zero-order valence-electron chi connectivity index (χ0n) is 14.6. The molecule has 0 spiro atoms. The summed E-state index contributed by atoms with van der Waals surface area (Å²) < 4.78 is 0.998. The zero-order valence-corrected chi connectivity index (χ0v) is 16.2. The van der Waals surface area contributed by atoms with E-state index >= 15 is 0 Å². The molecule has 0 aliphatic heterocycles. The summed E-state index contributed by atoms with van der Waals surface area (Å²) in [6.07, 6.45) is 4.60. The molecular weight excluding hydrogens is 392 g/mol. The van der Waals surface area contributed by atoms with Crippen molar-refractivity contribution in [3.05, 3.63) is 64.1 Å². The molecule has 0 heterocycles. The van der Waals surface area contributed by atoms with Crippen molar-refractivity contribution < 1.29 is 9.59 Å². The maximum atomic E-state index is 12.2. The second-order valence-electron chi connectivity index (χ2n) is 6.75. The smallest absolute Gasteiger partial charge is 0.227 e. The Morgan fingerprint density at radius 1 is 1.00 bits per heavy atom. The number of amides is 2. The third-order valence-corrected chi connectivity index (χ3v) is 5.22. The number of benzene rings is 2. The van der Waals surface area contributed by atoms with Crippen molar-refractivity contribution >= 4 is 33.4 Å². The predicted octanol–water partition coefficient (Wildman–Crippen LogP) is 4.44. The van der Waals surface area contributed by atoms with E-state index in [9.17, 15) is 9.59 Å². The molecule has 0 saturated heterocycles. The molecule has 2 aromatic carbocycles. The lowest BCUT2D eigenvalue weighted by atomic mass is 10.1. The van der Waals surface area contributed by atoms with Crippen molar-refractivity contribution in [2.45, 2.75) is 38.6 Å². The van der Waals surface area contributed by atoms with Crippen molar-refractivity contribution in [2.24, 2.45) is 5.92 Å². The van der Waals surface area contributed by atoms with Crippen molar-refractivity contribution in [1.82, 2.24) is 5.32 Å². The van der Waals surface area contributed by atoms with Crippen LogP contribution < -0.4 is 10.6 Å². The Kier molecular flexibility index (Phi) is 6.45. The number of nitrogens with one attached hydrogen (secondary N) is 2. The molecule has 4 nitrogen and oxygen atoms in total. The van der Waals surface area contributed by atoms with E-state index in [4.69, 9.17) is 0 Å². The van der Waals surface area contributed by atoms with E-state index in [2.05, 4.69) is 26.6 Å². The maximum absolute atomic E-state index is 12.2. The van der Waals surface area contributed by atoms with Crippen molar-refractivity contribution in [1.29, 1.82) is 0 Å². The van der Waals surface area contributed by atoms with Crippen LogP contribution in [0.15, 0.2) is 53.0 Å². The van der Waals surface area contributed by atoms with Gasteiger partial charge in [0, 0.05) is 22.6 Å². The summed E-state index contributed by atoms with van der Waals surface area (Å²) >= 11 is 3.39. The molecule has 0 unspecified atom stereocenters. The van der Waals surface area contributed by atoms with Crippen LogP contribution in [0.4, 0.5) is 5.69 Å². The van der Waals surface area contributed by atoms with Gasteiger partial charge in [-0.1, -0.05) is 53.0 Å². The largest absolute Gasteiger partial charge is 0.352 e. The Hall–Kier alpha value is -2.14. The Morgan fingerprint density at radius 3 is 2.46 bits per heavy atom. The predicted molar refractivity (Wildman–Crippen MR) is 107 cm³/mol. The van der Waals surface area contributed by atoms with Gasteiger partial charge in [-0.05, 0) is 48.2 Å². The molecule has 0 bridgehead atoms. The fourth-order valence-electron chi connectivity index (χ4n) is 3.24. The van der Waals surface area contributed by atoms with E-state index in [0.29, 0.717) is 13.0 Å². The molecule has 0 atom stereocenters. The molecule has 2 amide bonds. The molecule has 1 saturated carbocycles. The number of carbonyl (C=O) groups is 2. The molecule has 0 aromatic heterocycles. The maximum Gasteiger partial charge on any atom is 0.227 e. The Morgan fingerprint density at radius 2 is 1.73 bits per heavy atom. The lowest BCUT2D eigenvalue weighted by molar-refractivity contribution is -0.121. The molecule has 3 rings (SSSR count). The van der Waals surface area contributed by atoms with E-state index < -0.39 is 0 Å². The molecule has 136 valence electrons. The van der Waals surface area contributed by atoms with Crippen LogP contribution in [0.1, 0.15) is 36.8 Å². The topological polar surface area (TPSA) is 58.2 Å². The highest BCUT2D eigenvalue weighted by atomic mass is 79.9. The second kappa shape index (κ2) is 8.99. The van der Waals surface area contributed by atoms with Gasteiger partial charge in [0.25, 0.3) is 0 Å². The molecule has 26 heavy (non-hydrogen) atoms. The van der Waals surface area contributed by atoms with Gasteiger partial charge in [0.05, 0.1) is 6.42 Å². The first-order chi connectivity index (χ1) is 12.6. The van der Waals surface area contributed by atoms with E-state index in [0.717, 1.165) is 47.0 Å². The van der Waals surface area contributed by atoms with E-state index in [1.165, 1.54) is 0 Å². The Bertz CT molecular complexity index is 768. The molecule has 5 heteroatoms. The molecule has 1 aliphatic carbocycles. The van der Waals surface area contributed by atoms with E-state index in [1.54, 1.807) is 0 Å². The zero-order chi connectivity index (χ0) is 18.4. The van der Waals surface area contributed by atoms with Gasteiger partial charge in [-0.3, -0.25) is 9.59 Å². The summed E-state index contributed by atoms with van der Waals surface area (Å²) in [6.45, 7) is 0.447. The Balaban J connectivity index is 1.50. The summed E-state index contributed by atoms with van der Waals surface area (Å²) in [4.78, 5) is 24.3. The number of anilines is 1. The van der Waals surface area contributed by atoms with E-state index in [-0.39, 0.29) is 17.7 Å². The second-order valence-corrected chi connectivity index (χ2v) is 7.67. The third-order valence-electron chi connectivity index (χ3n) is 4.69. The van der Waals surface area contributed by atoms with Crippen LogP contribution in [0.25, 0.3) is 0 Å². The molecular formula is C21H23BrN2O2. The number of carbonyl (C=O) groups excluding carboxylic acids is 2. The van der Waals surface area contributed by atoms with Crippen LogP contribution in [-0.2, 0) is 22.6 Å². The standard InChI is InChI=1S/C21H23BrN2O2/c22-18-10-8-15(9-11-18)13-20(25)23-14-16-4-3-7-19(12-16)24-21(26)17-5-1-2-6-17/h3-4,7-12,17H,1-2,5-6,13-14H2,(H,23,25)(H,24,26). The number of halogens is 1. The fourth-order valence-corrected chi connectivity index (χ4v) is 3.51. The highest BCUT2D eigenvalue weighted by molar-refractivity contribution is 9.10. The van der Waals surface area contributed by atoms with Gasteiger partial charge in [-0.2, -0.15) is 0 Å². The third kappa shape index (κ3) is 5.43. The summed E-state index contributed by atoms with van der Waals surface area (Å²) in [5.41, 5.74) is 2.74. The number of rotatable bonds is 6. The van der Waals surface area contributed by atoms with Crippen LogP contribution in [0, 0.1) is 5.92 Å². The van der Waals surface area contributed by atoms with Gasteiger partial charge >= 0.3 is 0 Å². The minimum Gasteiger partial charge on any atom is -0.352 e. The van der Waals surface area contributed by atoms with Crippen molar-refractivity contribution in [3.63, 3.8) is 0 Å². The number of hydrogen-bond donors (Lipinski definition) is 2. The van der Waals surface area contributed by atoms with Crippen LogP contribution in [0.5, 0.6) is 0 Å².